The van der Waals surface area contributed by atoms with E-state index in [-0.39, 0.29) is 0 Å². The quantitative estimate of drug-likeness (QED) is 0.730. The molecular formula is C14H17NO2. The van der Waals surface area contributed by atoms with Gasteiger partial charge in [-0.1, -0.05) is 0 Å². The Morgan fingerprint density at radius 1 is 1.24 bits per heavy atom. The first kappa shape index (κ1) is 10.6. The summed E-state index contributed by atoms with van der Waals surface area (Å²) in [4.78, 5) is 11.3. The summed E-state index contributed by atoms with van der Waals surface area (Å²) in [6.07, 6.45) is 6.62. The van der Waals surface area contributed by atoms with Crippen molar-refractivity contribution in [3.8, 4) is 0 Å². The van der Waals surface area contributed by atoms with Crippen molar-refractivity contribution in [3.05, 3.63) is 28.3 Å². The molecule has 2 aliphatic rings. The number of hydrogen-bond acceptors (Lipinski definition) is 2. The molecule has 0 saturated carbocycles. The molecule has 0 amide bonds. The number of benzene rings is 1. The van der Waals surface area contributed by atoms with E-state index in [0.717, 1.165) is 24.8 Å². The maximum Gasteiger partial charge on any atom is 0.336 e. The Labute approximate surface area is 101 Å². The SMILES string of the molecule is Nc1cc(C(=O)O)c2c3c1CCCC3CCC2. The van der Waals surface area contributed by atoms with E-state index >= 15 is 0 Å². The molecular weight excluding hydrogens is 214 g/mol. The van der Waals surface area contributed by atoms with E-state index in [1.165, 1.54) is 30.4 Å². The minimum absolute atomic E-state index is 0.438. The molecule has 90 valence electrons. The lowest BCUT2D eigenvalue weighted by Gasteiger charge is -2.33. The van der Waals surface area contributed by atoms with E-state index in [4.69, 9.17) is 5.73 Å². The van der Waals surface area contributed by atoms with E-state index in [2.05, 4.69) is 0 Å². The Hall–Kier alpha value is -1.51. The zero-order chi connectivity index (χ0) is 12.0. The number of anilines is 1. The van der Waals surface area contributed by atoms with Crippen molar-refractivity contribution in [2.45, 2.75) is 44.4 Å². The van der Waals surface area contributed by atoms with Crippen LogP contribution in [0.4, 0.5) is 5.69 Å². The van der Waals surface area contributed by atoms with Crippen LogP contribution < -0.4 is 5.73 Å². The van der Waals surface area contributed by atoms with Crippen LogP contribution in [0.2, 0.25) is 0 Å². The minimum Gasteiger partial charge on any atom is -0.478 e. The van der Waals surface area contributed by atoms with Crippen molar-refractivity contribution in [2.24, 2.45) is 0 Å². The monoisotopic (exact) mass is 231 g/mol. The number of carbonyl (C=O) groups is 1. The van der Waals surface area contributed by atoms with Gasteiger partial charge in [-0.05, 0) is 67.2 Å². The first-order chi connectivity index (χ1) is 8.18. The summed E-state index contributed by atoms with van der Waals surface area (Å²) < 4.78 is 0. The molecule has 1 atom stereocenters. The standard InChI is InChI=1S/C14H17NO2/c15-12-7-11(14(16)17)9-5-1-3-8-4-2-6-10(12)13(8)9/h7-8H,1-6,15H2,(H,16,17). The third-order valence-electron chi connectivity index (χ3n) is 4.22. The fourth-order valence-electron chi connectivity index (χ4n) is 3.53. The van der Waals surface area contributed by atoms with Crippen molar-refractivity contribution in [1.82, 2.24) is 0 Å². The van der Waals surface area contributed by atoms with Crippen LogP contribution >= 0.6 is 0 Å². The summed E-state index contributed by atoms with van der Waals surface area (Å²) in [5, 5.41) is 9.28. The van der Waals surface area contributed by atoms with Crippen LogP contribution in [0.25, 0.3) is 0 Å². The predicted molar refractivity (Wildman–Crippen MR) is 66.4 cm³/mol. The fraction of sp³-hybridized carbons (Fsp3) is 0.500. The molecule has 0 saturated heterocycles. The molecule has 0 aromatic heterocycles. The molecule has 1 aromatic rings. The average molecular weight is 231 g/mol. The lowest BCUT2D eigenvalue weighted by molar-refractivity contribution is 0.0695. The van der Waals surface area contributed by atoms with E-state index in [1.807, 2.05) is 0 Å². The van der Waals surface area contributed by atoms with Crippen molar-refractivity contribution in [3.63, 3.8) is 0 Å². The van der Waals surface area contributed by atoms with Crippen molar-refractivity contribution >= 4 is 11.7 Å². The first-order valence-electron chi connectivity index (χ1n) is 6.36. The highest BCUT2D eigenvalue weighted by atomic mass is 16.4. The molecule has 0 spiro atoms. The molecule has 3 heteroatoms. The summed E-state index contributed by atoms with van der Waals surface area (Å²) in [5.41, 5.74) is 10.7. The number of carboxylic acid groups (broad SMARTS) is 1. The Morgan fingerprint density at radius 3 is 2.53 bits per heavy atom. The Balaban J connectivity index is 2.28. The molecule has 0 aliphatic heterocycles. The number of hydrogen-bond donors (Lipinski definition) is 2. The second kappa shape index (κ2) is 3.76. The molecule has 0 fully saturated rings. The van der Waals surface area contributed by atoms with Gasteiger partial charge in [-0.3, -0.25) is 0 Å². The highest BCUT2D eigenvalue weighted by Gasteiger charge is 2.30. The van der Waals surface area contributed by atoms with Gasteiger partial charge in [0.2, 0.25) is 0 Å². The fourth-order valence-corrected chi connectivity index (χ4v) is 3.53. The van der Waals surface area contributed by atoms with Crippen LogP contribution in [0.1, 0.15) is 58.6 Å². The summed E-state index contributed by atoms with van der Waals surface area (Å²) in [7, 11) is 0. The van der Waals surface area contributed by atoms with E-state index in [1.54, 1.807) is 6.07 Å². The third kappa shape index (κ3) is 1.53. The van der Waals surface area contributed by atoms with Crippen LogP contribution in [-0.4, -0.2) is 11.1 Å². The van der Waals surface area contributed by atoms with Crippen LogP contribution in [-0.2, 0) is 12.8 Å². The average Bonchev–Trinajstić information content (AvgIpc) is 2.33. The van der Waals surface area contributed by atoms with Gasteiger partial charge in [-0.15, -0.1) is 0 Å². The second-order valence-corrected chi connectivity index (χ2v) is 5.17. The molecule has 1 unspecified atom stereocenters. The highest BCUT2D eigenvalue weighted by molar-refractivity contribution is 5.92. The molecule has 2 aliphatic carbocycles. The topological polar surface area (TPSA) is 63.3 Å². The number of carboxylic acids is 1. The number of nitrogens with two attached hydrogens (primary N) is 1. The van der Waals surface area contributed by atoms with E-state index in [0.29, 0.717) is 17.2 Å². The molecule has 1 aromatic carbocycles. The van der Waals surface area contributed by atoms with Gasteiger partial charge in [0.25, 0.3) is 0 Å². The van der Waals surface area contributed by atoms with Gasteiger partial charge in [-0.2, -0.15) is 0 Å². The zero-order valence-corrected chi connectivity index (χ0v) is 9.83. The summed E-state index contributed by atoms with van der Waals surface area (Å²) in [6, 6.07) is 1.67. The smallest absolute Gasteiger partial charge is 0.336 e. The molecule has 3 rings (SSSR count). The lowest BCUT2D eigenvalue weighted by Crippen LogP contribution is -2.21. The maximum absolute atomic E-state index is 11.3. The maximum atomic E-state index is 11.3. The summed E-state index contributed by atoms with van der Waals surface area (Å²) in [6.45, 7) is 0. The van der Waals surface area contributed by atoms with Gasteiger partial charge in [0.05, 0.1) is 5.56 Å². The third-order valence-corrected chi connectivity index (χ3v) is 4.22. The molecule has 3 nitrogen and oxygen atoms in total. The van der Waals surface area contributed by atoms with Gasteiger partial charge in [0.1, 0.15) is 0 Å². The van der Waals surface area contributed by atoms with Crippen molar-refractivity contribution in [1.29, 1.82) is 0 Å². The number of nitrogen functional groups attached to an aromatic ring is 1. The van der Waals surface area contributed by atoms with Crippen molar-refractivity contribution < 1.29 is 9.90 Å². The number of rotatable bonds is 1. The van der Waals surface area contributed by atoms with Gasteiger partial charge >= 0.3 is 5.97 Å². The van der Waals surface area contributed by atoms with Crippen molar-refractivity contribution in [2.75, 3.05) is 5.73 Å². The van der Waals surface area contributed by atoms with Gasteiger partial charge in [-0.25, -0.2) is 4.79 Å². The summed E-state index contributed by atoms with van der Waals surface area (Å²) in [5.74, 6) is -0.273. The highest BCUT2D eigenvalue weighted by Crippen LogP contribution is 2.44. The van der Waals surface area contributed by atoms with Gasteiger partial charge in [0.15, 0.2) is 0 Å². The van der Waals surface area contributed by atoms with E-state index in [9.17, 15) is 9.90 Å². The van der Waals surface area contributed by atoms with E-state index < -0.39 is 5.97 Å². The van der Waals surface area contributed by atoms with Crippen LogP contribution in [0.5, 0.6) is 0 Å². The normalized spacial score (nSPS) is 22.0. The largest absolute Gasteiger partial charge is 0.478 e. The lowest BCUT2D eigenvalue weighted by atomic mass is 9.71. The molecule has 0 heterocycles. The summed E-state index contributed by atoms with van der Waals surface area (Å²) >= 11 is 0. The molecule has 0 bridgehead atoms. The molecule has 0 radical (unpaired) electrons. The van der Waals surface area contributed by atoms with Crippen LogP contribution in [0.15, 0.2) is 6.07 Å². The van der Waals surface area contributed by atoms with Crippen LogP contribution in [0, 0.1) is 0 Å². The zero-order valence-electron chi connectivity index (χ0n) is 9.83. The Bertz CT molecular complexity index is 491. The minimum atomic E-state index is -0.833. The Kier molecular flexibility index (Phi) is 2.35. The second-order valence-electron chi connectivity index (χ2n) is 5.17. The molecule has 17 heavy (non-hydrogen) atoms. The van der Waals surface area contributed by atoms with Gasteiger partial charge in [0, 0.05) is 5.69 Å². The molecule has 3 N–H and O–H groups in total. The Morgan fingerprint density at radius 2 is 1.88 bits per heavy atom. The van der Waals surface area contributed by atoms with Crippen LogP contribution in [0.3, 0.4) is 0 Å². The number of aromatic carboxylic acids is 1. The predicted octanol–water partition coefficient (Wildman–Crippen LogP) is 2.72. The first-order valence-corrected chi connectivity index (χ1v) is 6.36. The van der Waals surface area contributed by atoms with Gasteiger partial charge < -0.3 is 10.8 Å².